The van der Waals surface area contributed by atoms with Gasteiger partial charge in [-0.05, 0) is 0 Å². The Labute approximate surface area is 108 Å². The Morgan fingerprint density at radius 2 is 1.37 bits per heavy atom. The molecule has 0 saturated carbocycles. The van der Waals surface area contributed by atoms with Crippen molar-refractivity contribution in [3.05, 3.63) is 0 Å². The standard InChI is InChI=1S/C9H17N3O7/c10-4(1-13)7(16)11-5(2-14)8(17)12-6(3-15)9(18)19/h4-6,13-15H,1-3,10H2,(H,11,16)(H,12,17)(H,18,19)/t4-,5-,6-/m0/s1. The summed E-state index contributed by atoms with van der Waals surface area (Å²) in [4.78, 5) is 33.4. The topological polar surface area (TPSA) is 182 Å². The van der Waals surface area contributed by atoms with Gasteiger partial charge in [-0.25, -0.2) is 4.79 Å². The van der Waals surface area contributed by atoms with E-state index in [0.29, 0.717) is 0 Å². The number of rotatable bonds is 8. The number of hydrogen-bond acceptors (Lipinski definition) is 7. The zero-order chi connectivity index (χ0) is 15.0. The van der Waals surface area contributed by atoms with E-state index < -0.39 is 55.7 Å². The fraction of sp³-hybridized carbons (Fsp3) is 0.667. The molecule has 0 radical (unpaired) electrons. The first-order valence-electron chi connectivity index (χ1n) is 5.29. The van der Waals surface area contributed by atoms with Gasteiger partial charge < -0.3 is 36.8 Å². The molecule has 0 bridgehead atoms. The minimum Gasteiger partial charge on any atom is -0.480 e. The third-order valence-corrected chi connectivity index (χ3v) is 2.15. The molecule has 2 amide bonds. The van der Waals surface area contributed by atoms with Crippen LogP contribution in [0.25, 0.3) is 0 Å². The SMILES string of the molecule is N[C@@H](CO)C(=O)N[C@@H](CO)C(=O)N[C@@H](CO)C(=O)O. The molecule has 3 atom stereocenters. The molecular weight excluding hydrogens is 262 g/mol. The highest BCUT2D eigenvalue weighted by Gasteiger charge is 2.26. The van der Waals surface area contributed by atoms with Crippen LogP contribution in [0.15, 0.2) is 0 Å². The minimum absolute atomic E-state index is 0.653. The van der Waals surface area contributed by atoms with Gasteiger partial charge in [0.25, 0.3) is 0 Å². The van der Waals surface area contributed by atoms with Crippen molar-refractivity contribution in [1.82, 2.24) is 10.6 Å². The number of aliphatic hydroxyl groups excluding tert-OH is 3. The number of aliphatic hydroxyl groups is 3. The lowest BCUT2D eigenvalue weighted by Crippen LogP contribution is -2.56. The van der Waals surface area contributed by atoms with Crippen LogP contribution in [-0.2, 0) is 14.4 Å². The summed E-state index contributed by atoms with van der Waals surface area (Å²) in [6, 6.07) is -4.25. The average Bonchev–Trinajstić information content (AvgIpc) is 2.39. The molecule has 10 heteroatoms. The van der Waals surface area contributed by atoms with Crippen LogP contribution in [0.4, 0.5) is 0 Å². The molecule has 8 N–H and O–H groups in total. The summed E-state index contributed by atoms with van der Waals surface area (Å²) in [5.41, 5.74) is 5.19. The highest BCUT2D eigenvalue weighted by molar-refractivity contribution is 5.91. The molecule has 0 aromatic rings. The van der Waals surface area contributed by atoms with E-state index >= 15 is 0 Å². The van der Waals surface area contributed by atoms with Crippen LogP contribution in [0, 0.1) is 0 Å². The smallest absolute Gasteiger partial charge is 0.328 e. The summed E-state index contributed by atoms with van der Waals surface area (Å²) in [5, 5.41) is 38.8. The molecule has 0 saturated heterocycles. The van der Waals surface area contributed by atoms with E-state index in [1.54, 1.807) is 0 Å². The zero-order valence-corrected chi connectivity index (χ0v) is 9.94. The lowest BCUT2D eigenvalue weighted by molar-refractivity contribution is -0.143. The summed E-state index contributed by atoms with van der Waals surface area (Å²) in [6.45, 7) is -2.29. The molecular formula is C9H17N3O7. The highest BCUT2D eigenvalue weighted by atomic mass is 16.4. The van der Waals surface area contributed by atoms with Crippen molar-refractivity contribution < 1.29 is 34.8 Å². The van der Waals surface area contributed by atoms with E-state index in [1.165, 1.54) is 0 Å². The molecule has 0 aliphatic rings. The quantitative estimate of drug-likeness (QED) is 0.231. The Kier molecular flexibility index (Phi) is 7.60. The number of carbonyl (C=O) groups excluding carboxylic acids is 2. The Bertz CT molecular complexity index is 336. The van der Waals surface area contributed by atoms with Crippen LogP contribution in [0.3, 0.4) is 0 Å². The van der Waals surface area contributed by atoms with Crippen molar-refractivity contribution >= 4 is 17.8 Å². The predicted molar refractivity (Wildman–Crippen MR) is 60.7 cm³/mol. The summed E-state index contributed by atoms with van der Waals surface area (Å²) in [7, 11) is 0. The number of carboxylic acids is 1. The maximum Gasteiger partial charge on any atom is 0.328 e. The van der Waals surface area contributed by atoms with Crippen LogP contribution >= 0.6 is 0 Å². The van der Waals surface area contributed by atoms with Crippen molar-refractivity contribution in [2.75, 3.05) is 19.8 Å². The van der Waals surface area contributed by atoms with Gasteiger partial charge in [0.15, 0.2) is 0 Å². The van der Waals surface area contributed by atoms with Gasteiger partial charge in [-0.1, -0.05) is 0 Å². The summed E-state index contributed by atoms with van der Waals surface area (Å²) < 4.78 is 0. The van der Waals surface area contributed by atoms with E-state index in [1.807, 2.05) is 10.6 Å². The Balaban J connectivity index is 4.56. The molecule has 0 unspecified atom stereocenters. The van der Waals surface area contributed by atoms with E-state index in [9.17, 15) is 14.4 Å². The largest absolute Gasteiger partial charge is 0.480 e. The number of hydrogen-bond donors (Lipinski definition) is 7. The van der Waals surface area contributed by atoms with Crippen LogP contribution in [-0.4, -0.2) is 76.2 Å². The second-order valence-corrected chi connectivity index (χ2v) is 3.61. The Morgan fingerprint density at radius 3 is 1.74 bits per heavy atom. The van der Waals surface area contributed by atoms with Gasteiger partial charge in [0, 0.05) is 0 Å². The van der Waals surface area contributed by atoms with Crippen LogP contribution < -0.4 is 16.4 Å². The lowest BCUT2D eigenvalue weighted by Gasteiger charge is -2.20. The minimum atomic E-state index is -1.55. The molecule has 0 rings (SSSR count). The predicted octanol–water partition coefficient (Wildman–Crippen LogP) is -4.66. The molecule has 0 aliphatic carbocycles. The van der Waals surface area contributed by atoms with Crippen LogP contribution in [0.5, 0.6) is 0 Å². The monoisotopic (exact) mass is 279 g/mol. The molecule has 110 valence electrons. The van der Waals surface area contributed by atoms with Gasteiger partial charge in [-0.15, -0.1) is 0 Å². The first-order valence-corrected chi connectivity index (χ1v) is 5.29. The van der Waals surface area contributed by atoms with Gasteiger partial charge in [0.05, 0.1) is 19.8 Å². The first-order chi connectivity index (χ1) is 8.87. The fourth-order valence-corrected chi connectivity index (χ4v) is 1.01. The van der Waals surface area contributed by atoms with Crippen molar-refractivity contribution in [2.45, 2.75) is 18.1 Å². The van der Waals surface area contributed by atoms with Crippen LogP contribution in [0.1, 0.15) is 0 Å². The maximum atomic E-state index is 11.5. The van der Waals surface area contributed by atoms with Crippen molar-refractivity contribution in [2.24, 2.45) is 5.73 Å². The normalized spacial score (nSPS) is 15.2. The van der Waals surface area contributed by atoms with Gasteiger partial charge in [-0.2, -0.15) is 0 Å². The molecule has 0 fully saturated rings. The van der Waals surface area contributed by atoms with Crippen molar-refractivity contribution in [3.8, 4) is 0 Å². The van der Waals surface area contributed by atoms with Crippen LogP contribution in [0.2, 0.25) is 0 Å². The summed E-state index contributed by atoms with van der Waals surface area (Å²) in [5.74, 6) is -3.35. The average molecular weight is 279 g/mol. The molecule has 0 spiro atoms. The second-order valence-electron chi connectivity index (χ2n) is 3.61. The third-order valence-electron chi connectivity index (χ3n) is 2.15. The first kappa shape index (κ1) is 17.2. The van der Waals surface area contributed by atoms with E-state index in [2.05, 4.69) is 0 Å². The van der Waals surface area contributed by atoms with Gasteiger partial charge >= 0.3 is 5.97 Å². The highest BCUT2D eigenvalue weighted by Crippen LogP contribution is 1.90. The number of aliphatic carboxylic acids is 1. The van der Waals surface area contributed by atoms with Gasteiger partial charge in [-0.3, -0.25) is 9.59 Å². The summed E-state index contributed by atoms with van der Waals surface area (Å²) >= 11 is 0. The zero-order valence-electron chi connectivity index (χ0n) is 9.94. The van der Waals surface area contributed by atoms with Gasteiger partial charge in [0.2, 0.25) is 11.8 Å². The van der Waals surface area contributed by atoms with Crippen molar-refractivity contribution in [1.29, 1.82) is 0 Å². The number of carbonyl (C=O) groups is 3. The van der Waals surface area contributed by atoms with Gasteiger partial charge in [0.1, 0.15) is 18.1 Å². The molecule has 10 nitrogen and oxygen atoms in total. The summed E-state index contributed by atoms with van der Waals surface area (Å²) in [6.07, 6.45) is 0. The van der Waals surface area contributed by atoms with E-state index in [-0.39, 0.29) is 0 Å². The second kappa shape index (κ2) is 8.37. The van der Waals surface area contributed by atoms with E-state index in [4.69, 9.17) is 26.2 Å². The molecule has 0 aliphatic heterocycles. The van der Waals surface area contributed by atoms with Crippen molar-refractivity contribution in [3.63, 3.8) is 0 Å². The lowest BCUT2D eigenvalue weighted by atomic mass is 10.2. The number of nitrogens with two attached hydrogens (primary N) is 1. The Hall–Kier alpha value is -1.75. The molecule has 0 aromatic heterocycles. The fourth-order valence-electron chi connectivity index (χ4n) is 1.01. The Morgan fingerprint density at radius 1 is 0.895 bits per heavy atom. The third kappa shape index (κ3) is 5.61. The number of nitrogens with one attached hydrogen (secondary N) is 2. The molecule has 0 aromatic carbocycles. The van der Waals surface area contributed by atoms with E-state index in [0.717, 1.165) is 0 Å². The molecule has 0 heterocycles. The number of amides is 2. The molecule has 19 heavy (non-hydrogen) atoms. The number of carboxylic acid groups (broad SMARTS) is 1. The maximum absolute atomic E-state index is 11.5.